The molecule has 1 heterocycles. The van der Waals surface area contributed by atoms with E-state index in [-0.39, 0.29) is 6.42 Å². The SMILES string of the molecule is O=C([O-])Cc1cncc(Br)c1. The Kier molecular flexibility index (Phi) is 2.59. The summed E-state index contributed by atoms with van der Waals surface area (Å²) in [6.45, 7) is 0. The minimum atomic E-state index is -1.09. The van der Waals surface area contributed by atoms with Gasteiger partial charge in [0.25, 0.3) is 0 Å². The number of carboxylic acid groups (broad SMARTS) is 1. The predicted octanol–water partition coefficient (Wildman–Crippen LogP) is 0.136. The zero-order valence-corrected chi connectivity index (χ0v) is 7.17. The topological polar surface area (TPSA) is 53.0 Å². The molecule has 1 rings (SSSR count). The fraction of sp³-hybridized carbons (Fsp3) is 0.143. The predicted molar refractivity (Wildman–Crippen MR) is 40.6 cm³/mol. The first-order valence-corrected chi connectivity index (χ1v) is 3.77. The fourth-order valence-electron chi connectivity index (χ4n) is 0.719. The first-order valence-electron chi connectivity index (χ1n) is 2.98. The van der Waals surface area contributed by atoms with Gasteiger partial charge in [-0.05, 0) is 27.6 Å². The van der Waals surface area contributed by atoms with Crippen LogP contribution in [0.25, 0.3) is 0 Å². The van der Waals surface area contributed by atoms with Crippen molar-refractivity contribution in [3.05, 3.63) is 28.5 Å². The Bertz CT molecular complexity index is 275. The van der Waals surface area contributed by atoms with Gasteiger partial charge >= 0.3 is 0 Å². The van der Waals surface area contributed by atoms with E-state index in [0.29, 0.717) is 5.56 Å². The Labute approximate surface area is 72.2 Å². The van der Waals surface area contributed by atoms with Crippen molar-refractivity contribution in [3.8, 4) is 0 Å². The molecule has 0 amide bonds. The third-order valence-electron chi connectivity index (χ3n) is 1.11. The highest BCUT2D eigenvalue weighted by molar-refractivity contribution is 9.10. The molecular formula is C7H5BrNO2-. The van der Waals surface area contributed by atoms with Gasteiger partial charge in [-0.25, -0.2) is 0 Å². The molecule has 0 bridgehead atoms. The Hall–Kier alpha value is -0.900. The van der Waals surface area contributed by atoms with E-state index in [2.05, 4.69) is 20.9 Å². The minimum Gasteiger partial charge on any atom is -0.550 e. The molecule has 0 N–H and O–H groups in total. The van der Waals surface area contributed by atoms with Crippen molar-refractivity contribution in [2.45, 2.75) is 6.42 Å². The average Bonchev–Trinajstić information content (AvgIpc) is 1.85. The van der Waals surface area contributed by atoms with Gasteiger partial charge < -0.3 is 9.90 Å². The summed E-state index contributed by atoms with van der Waals surface area (Å²) in [5, 5.41) is 10.1. The average molecular weight is 215 g/mol. The number of carboxylic acids is 1. The van der Waals surface area contributed by atoms with Gasteiger partial charge in [-0.1, -0.05) is 0 Å². The van der Waals surface area contributed by atoms with Crippen molar-refractivity contribution in [3.63, 3.8) is 0 Å². The molecule has 0 saturated heterocycles. The van der Waals surface area contributed by atoms with Gasteiger partial charge in [0.2, 0.25) is 0 Å². The largest absolute Gasteiger partial charge is 0.550 e. The summed E-state index contributed by atoms with van der Waals surface area (Å²) in [7, 11) is 0. The second-order valence-corrected chi connectivity index (χ2v) is 2.98. The molecule has 0 saturated carbocycles. The van der Waals surface area contributed by atoms with Crippen LogP contribution in [0.1, 0.15) is 5.56 Å². The summed E-state index contributed by atoms with van der Waals surface area (Å²) in [5.74, 6) is -1.09. The van der Waals surface area contributed by atoms with Crippen molar-refractivity contribution in [2.75, 3.05) is 0 Å². The fourth-order valence-corrected chi connectivity index (χ4v) is 1.13. The zero-order valence-electron chi connectivity index (χ0n) is 5.58. The molecule has 1 aromatic rings. The van der Waals surface area contributed by atoms with Crippen LogP contribution in [0.2, 0.25) is 0 Å². The van der Waals surface area contributed by atoms with Crippen molar-refractivity contribution in [1.82, 2.24) is 4.98 Å². The molecule has 0 radical (unpaired) electrons. The molecule has 0 aromatic carbocycles. The van der Waals surface area contributed by atoms with Crippen LogP contribution in [0.15, 0.2) is 22.9 Å². The number of hydrogen-bond acceptors (Lipinski definition) is 3. The van der Waals surface area contributed by atoms with Crippen LogP contribution >= 0.6 is 15.9 Å². The van der Waals surface area contributed by atoms with E-state index in [1.54, 1.807) is 12.3 Å². The number of aromatic nitrogens is 1. The Morgan fingerprint density at radius 3 is 2.91 bits per heavy atom. The molecule has 0 aliphatic rings. The number of pyridine rings is 1. The molecule has 1 aromatic heterocycles. The van der Waals surface area contributed by atoms with Crippen LogP contribution in [0, 0.1) is 0 Å². The molecule has 0 aliphatic carbocycles. The van der Waals surface area contributed by atoms with E-state index >= 15 is 0 Å². The first-order chi connectivity index (χ1) is 5.18. The van der Waals surface area contributed by atoms with Crippen molar-refractivity contribution in [2.24, 2.45) is 0 Å². The maximum absolute atomic E-state index is 10.1. The van der Waals surface area contributed by atoms with Gasteiger partial charge in [0, 0.05) is 29.3 Å². The molecule has 58 valence electrons. The smallest absolute Gasteiger partial charge is 0.0458 e. The Balaban J connectivity index is 2.79. The van der Waals surface area contributed by atoms with E-state index in [1.165, 1.54) is 6.20 Å². The maximum Gasteiger partial charge on any atom is 0.0458 e. The lowest BCUT2D eigenvalue weighted by Crippen LogP contribution is -2.24. The molecule has 0 unspecified atom stereocenters. The summed E-state index contributed by atoms with van der Waals surface area (Å²) in [6.07, 6.45) is 3.01. The van der Waals surface area contributed by atoms with E-state index in [1.807, 2.05) is 0 Å². The summed E-state index contributed by atoms with van der Waals surface area (Å²) >= 11 is 3.18. The quantitative estimate of drug-likeness (QED) is 0.704. The first kappa shape index (κ1) is 8.20. The molecule has 3 nitrogen and oxygen atoms in total. The van der Waals surface area contributed by atoms with Gasteiger partial charge in [0.05, 0.1) is 0 Å². The Morgan fingerprint density at radius 1 is 1.64 bits per heavy atom. The van der Waals surface area contributed by atoms with Crippen LogP contribution in [-0.4, -0.2) is 11.0 Å². The molecule has 0 fully saturated rings. The van der Waals surface area contributed by atoms with Crippen LogP contribution in [0.5, 0.6) is 0 Å². The lowest BCUT2D eigenvalue weighted by atomic mass is 10.2. The standard InChI is InChI=1S/C7H6BrNO2/c8-6-1-5(2-7(10)11)3-9-4-6/h1,3-4H,2H2,(H,10,11)/p-1. The zero-order chi connectivity index (χ0) is 8.27. The lowest BCUT2D eigenvalue weighted by Gasteiger charge is -2.00. The lowest BCUT2D eigenvalue weighted by molar-refractivity contribution is -0.304. The number of carbonyl (C=O) groups is 1. The van der Waals surface area contributed by atoms with Gasteiger partial charge in [0.15, 0.2) is 0 Å². The molecular weight excluding hydrogens is 210 g/mol. The van der Waals surface area contributed by atoms with Crippen molar-refractivity contribution in [1.29, 1.82) is 0 Å². The highest BCUT2D eigenvalue weighted by atomic mass is 79.9. The summed E-state index contributed by atoms with van der Waals surface area (Å²) in [5.41, 5.74) is 0.638. The number of rotatable bonds is 2. The summed E-state index contributed by atoms with van der Waals surface area (Å²) in [6, 6.07) is 1.70. The molecule has 11 heavy (non-hydrogen) atoms. The van der Waals surface area contributed by atoms with E-state index in [0.717, 1.165) is 4.47 Å². The monoisotopic (exact) mass is 214 g/mol. The molecule has 4 heteroatoms. The van der Waals surface area contributed by atoms with Gasteiger partial charge in [0.1, 0.15) is 0 Å². The van der Waals surface area contributed by atoms with Crippen LogP contribution in [0.3, 0.4) is 0 Å². The van der Waals surface area contributed by atoms with Crippen molar-refractivity contribution < 1.29 is 9.90 Å². The number of carbonyl (C=O) groups excluding carboxylic acids is 1. The highest BCUT2D eigenvalue weighted by Gasteiger charge is 1.93. The number of aliphatic carboxylic acids is 1. The second kappa shape index (κ2) is 3.48. The highest BCUT2D eigenvalue weighted by Crippen LogP contribution is 2.09. The van der Waals surface area contributed by atoms with Crippen molar-refractivity contribution >= 4 is 21.9 Å². The van der Waals surface area contributed by atoms with Crippen LogP contribution < -0.4 is 5.11 Å². The number of halogens is 1. The minimum absolute atomic E-state index is 0.0908. The van der Waals surface area contributed by atoms with Gasteiger partial charge in [-0.15, -0.1) is 0 Å². The summed E-state index contributed by atoms with van der Waals surface area (Å²) < 4.78 is 0.774. The van der Waals surface area contributed by atoms with E-state index < -0.39 is 5.97 Å². The van der Waals surface area contributed by atoms with Crippen LogP contribution in [-0.2, 0) is 11.2 Å². The van der Waals surface area contributed by atoms with E-state index in [9.17, 15) is 9.90 Å². The maximum atomic E-state index is 10.1. The number of nitrogens with zero attached hydrogens (tertiary/aromatic N) is 1. The van der Waals surface area contributed by atoms with Gasteiger partial charge in [-0.3, -0.25) is 4.98 Å². The molecule has 0 atom stereocenters. The second-order valence-electron chi connectivity index (χ2n) is 2.06. The summed E-state index contributed by atoms with van der Waals surface area (Å²) in [4.78, 5) is 13.9. The normalized spacial score (nSPS) is 9.55. The third kappa shape index (κ3) is 2.67. The Morgan fingerprint density at radius 2 is 2.36 bits per heavy atom. The van der Waals surface area contributed by atoms with Gasteiger partial charge in [-0.2, -0.15) is 0 Å². The van der Waals surface area contributed by atoms with E-state index in [4.69, 9.17) is 0 Å². The van der Waals surface area contributed by atoms with Crippen LogP contribution in [0.4, 0.5) is 0 Å². The third-order valence-corrected chi connectivity index (χ3v) is 1.54. The molecule has 0 aliphatic heterocycles. The number of hydrogen-bond donors (Lipinski definition) is 0. The molecule has 0 spiro atoms.